The third-order valence-corrected chi connectivity index (χ3v) is 8.29. The van der Waals surface area contributed by atoms with Crippen LogP contribution in [0.2, 0.25) is 0 Å². The number of nitrogens with two attached hydrogens (primary N) is 1. The maximum atomic E-state index is 6.45. The van der Waals surface area contributed by atoms with Crippen molar-refractivity contribution in [1.82, 2.24) is 34.8 Å². The quantitative estimate of drug-likeness (QED) is 0.285. The van der Waals surface area contributed by atoms with Gasteiger partial charge in [-0.2, -0.15) is 10.2 Å². The number of benzene rings is 2. The van der Waals surface area contributed by atoms with Crippen molar-refractivity contribution in [1.29, 1.82) is 0 Å². The summed E-state index contributed by atoms with van der Waals surface area (Å²) in [5.74, 6) is 1.89. The Hall–Kier alpha value is -4.22. The first-order valence-corrected chi connectivity index (χ1v) is 13.9. The van der Waals surface area contributed by atoms with E-state index >= 15 is 0 Å². The summed E-state index contributed by atoms with van der Waals surface area (Å²) < 4.78 is 13.2. The van der Waals surface area contributed by atoms with Crippen molar-refractivity contribution in [3.05, 3.63) is 48.8 Å². The lowest BCUT2D eigenvalue weighted by molar-refractivity contribution is 0.00520. The van der Waals surface area contributed by atoms with Crippen molar-refractivity contribution in [3.8, 4) is 17.0 Å². The minimum atomic E-state index is 0.267. The zero-order valence-corrected chi connectivity index (χ0v) is 22.5. The molecule has 0 amide bonds. The van der Waals surface area contributed by atoms with Crippen LogP contribution in [-0.2, 0) is 4.74 Å². The van der Waals surface area contributed by atoms with Crippen LogP contribution in [0.15, 0.2) is 48.8 Å². The van der Waals surface area contributed by atoms with E-state index in [0.29, 0.717) is 17.7 Å². The molecule has 1 saturated carbocycles. The molecule has 0 atom stereocenters. The molecule has 0 unspecified atom stereocenters. The highest BCUT2D eigenvalue weighted by Crippen LogP contribution is 2.38. The van der Waals surface area contributed by atoms with Crippen LogP contribution in [0.3, 0.4) is 0 Å². The predicted octanol–water partition coefficient (Wildman–Crippen LogP) is 4.52. The molecule has 11 heteroatoms. The van der Waals surface area contributed by atoms with Crippen molar-refractivity contribution >= 4 is 39.3 Å². The summed E-state index contributed by atoms with van der Waals surface area (Å²) in [6, 6.07) is 14.8. The summed E-state index contributed by atoms with van der Waals surface area (Å²) in [7, 11) is 1.66. The van der Waals surface area contributed by atoms with Crippen molar-refractivity contribution in [3.63, 3.8) is 0 Å². The average molecular weight is 540 g/mol. The van der Waals surface area contributed by atoms with Crippen LogP contribution in [0, 0.1) is 0 Å². The number of fused-ring (bicyclic) bond motifs is 2. The number of hydrogen-bond donors (Lipinski definition) is 3. The van der Waals surface area contributed by atoms with E-state index in [1.807, 2.05) is 36.4 Å². The third-order valence-electron chi connectivity index (χ3n) is 8.29. The Balaban J connectivity index is 1.23. The van der Waals surface area contributed by atoms with Gasteiger partial charge in [-0.25, -0.2) is 14.6 Å². The Labute approximate surface area is 231 Å². The smallest absolute Gasteiger partial charge is 0.164 e. The highest BCUT2D eigenvalue weighted by molar-refractivity contribution is 6.01. The molecule has 2 aliphatic rings. The number of methoxy groups -OCH3 is 1. The van der Waals surface area contributed by atoms with E-state index in [1.54, 1.807) is 7.11 Å². The Morgan fingerprint density at radius 2 is 1.82 bits per heavy atom. The lowest BCUT2D eigenvalue weighted by Crippen LogP contribution is -2.45. The molecule has 1 aliphatic carbocycles. The summed E-state index contributed by atoms with van der Waals surface area (Å²) in [5.41, 5.74) is 10.7. The number of H-pyrrole nitrogens is 1. The van der Waals surface area contributed by atoms with Crippen molar-refractivity contribution in [2.24, 2.45) is 0 Å². The van der Waals surface area contributed by atoms with Gasteiger partial charge in [0.2, 0.25) is 0 Å². The normalized spacial score (nSPS) is 20.2. The number of rotatable bonds is 6. The van der Waals surface area contributed by atoms with Crippen molar-refractivity contribution in [2.45, 2.75) is 37.8 Å². The molecule has 0 radical (unpaired) electrons. The summed E-state index contributed by atoms with van der Waals surface area (Å²) in [5, 5.41) is 17.9. The van der Waals surface area contributed by atoms with E-state index in [1.165, 1.54) is 6.33 Å². The largest absolute Gasteiger partial charge is 0.495 e. The molecule has 40 heavy (non-hydrogen) atoms. The third kappa shape index (κ3) is 4.40. The molecule has 4 N–H and O–H groups in total. The first kappa shape index (κ1) is 24.8. The van der Waals surface area contributed by atoms with E-state index in [2.05, 4.69) is 41.1 Å². The minimum Gasteiger partial charge on any atom is -0.495 e. The average Bonchev–Trinajstić information content (AvgIpc) is 3.60. The maximum Gasteiger partial charge on any atom is 0.164 e. The van der Waals surface area contributed by atoms with Crippen LogP contribution in [0.5, 0.6) is 5.75 Å². The molecule has 0 bridgehead atoms. The monoisotopic (exact) mass is 539 g/mol. The fraction of sp³-hybridized carbons (Fsp3) is 0.379. The van der Waals surface area contributed by atoms with Gasteiger partial charge in [-0.3, -0.25) is 10.00 Å². The molecule has 2 fully saturated rings. The summed E-state index contributed by atoms with van der Waals surface area (Å²) in [4.78, 5) is 11.6. The Bertz CT molecular complexity index is 1650. The van der Waals surface area contributed by atoms with Gasteiger partial charge >= 0.3 is 0 Å². The second-order valence-corrected chi connectivity index (χ2v) is 10.5. The second kappa shape index (κ2) is 10.4. The zero-order valence-electron chi connectivity index (χ0n) is 22.5. The van der Waals surface area contributed by atoms with Crippen LogP contribution in [0.25, 0.3) is 33.2 Å². The van der Waals surface area contributed by atoms with Gasteiger partial charge in [-0.15, -0.1) is 0 Å². The Morgan fingerprint density at radius 3 is 2.65 bits per heavy atom. The number of aromatic amines is 1. The van der Waals surface area contributed by atoms with E-state index in [0.717, 1.165) is 96.6 Å². The van der Waals surface area contributed by atoms with Crippen molar-refractivity contribution in [2.75, 3.05) is 44.5 Å². The second-order valence-electron chi connectivity index (χ2n) is 10.5. The molecule has 1 aliphatic heterocycles. The molecule has 0 spiro atoms. The fourth-order valence-corrected chi connectivity index (χ4v) is 6.19. The van der Waals surface area contributed by atoms with Crippen LogP contribution >= 0.6 is 0 Å². The van der Waals surface area contributed by atoms with Crippen LogP contribution in [-0.4, -0.2) is 74.3 Å². The van der Waals surface area contributed by atoms with Crippen molar-refractivity contribution < 1.29 is 9.47 Å². The zero-order chi connectivity index (χ0) is 27.1. The van der Waals surface area contributed by atoms with E-state index in [-0.39, 0.29) is 6.04 Å². The SMILES string of the molecule is COc1ccccc1Nc1n[nH]c2ccc(-c3nn(C4CCC(N5CCOCC5)CC4)c4ncnc(N)c34)cc12. The van der Waals surface area contributed by atoms with Gasteiger partial charge in [0.1, 0.15) is 23.6 Å². The van der Waals surface area contributed by atoms with Gasteiger partial charge in [-0.05, 0) is 49.9 Å². The molecule has 206 valence electrons. The summed E-state index contributed by atoms with van der Waals surface area (Å²) >= 11 is 0. The molecule has 4 heterocycles. The Kier molecular flexibility index (Phi) is 6.45. The van der Waals surface area contributed by atoms with Gasteiger partial charge in [0, 0.05) is 30.1 Å². The number of nitrogens with one attached hydrogen (secondary N) is 2. The minimum absolute atomic E-state index is 0.267. The van der Waals surface area contributed by atoms with Crippen LogP contribution in [0.1, 0.15) is 31.7 Å². The van der Waals surface area contributed by atoms with E-state index in [9.17, 15) is 0 Å². The molecule has 5 aromatic rings. The first-order chi connectivity index (χ1) is 19.7. The number of hydrogen-bond acceptors (Lipinski definition) is 9. The molecule has 7 rings (SSSR count). The number of nitrogen functional groups attached to an aromatic ring is 1. The number of anilines is 3. The lowest BCUT2D eigenvalue weighted by Gasteiger charge is -2.38. The molecule has 3 aromatic heterocycles. The number of para-hydroxylation sites is 2. The number of nitrogens with zero attached hydrogens (tertiary/aromatic N) is 6. The molecular formula is C29H33N9O2. The molecule has 1 saturated heterocycles. The highest BCUT2D eigenvalue weighted by atomic mass is 16.5. The summed E-state index contributed by atoms with van der Waals surface area (Å²) in [6.45, 7) is 3.72. The standard InChI is InChI=1S/C29H33N9O2/c1-39-24-5-3-2-4-23(24)33-28-21-16-18(6-11-22(21)34-35-28)26-25-27(30)31-17-32-29(25)38(36-26)20-9-7-19(8-10-20)37-12-14-40-15-13-37/h2-6,11,16-17,19-20H,7-10,12-15H2,1H3,(H2,30,31,32)(H2,33,34,35). The van der Waals surface area contributed by atoms with Crippen LogP contribution in [0.4, 0.5) is 17.3 Å². The number of morpholine rings is 1. The molecule has 2 aromatic carbocycles. The van der Waals surface area contributed by atoms with Gasteiger partial charge in [0.15, 0.2) is 11.5 Å². The number of ether oxygens (including phenoxy) is 2. The van der Waals surface area contributed by atoms with Gasteiger partial charge < -0.3 is 20.5 Å². The van der Waals surface area contributed by atoms with Gasteiger partial charge in [0.05, 0.1) is 43.0 Å². The summed E-state index contributed by atoms with van der Waals surface area (Å²) in [6.07, 6.45) is 5.92. The van der Waals surface area contributed by atoms with E-state index < -0.39 is 0 Å². The topological polar surface area (TPSA) is 132 Å². The highest BCUT2D eigenvalue weighted by Gasteiger charge is 2.30. The fourth-order valence-electron chi connectivity index (χ4n) is 6.19. The molecular weight excluding hydrogens is 506 g/mol. The number of aromatic nitrogens is 6. The van der Waals surface area contributed by atoms with Gasteiger partial charge in [-0.1, -0.05) is 18.2 Å². The first-order valence-electron chi connectivity index (χ1n) is 13.9. The van der Waals surface area contributed by atoms with E-state index in [4.69, 9.17) is 20.3 Å². The predicted molar refractivity (Wildman–Crippen MR) is 155 cm³/mol. The molecule has 11 nitrogen and oxygen atoms in total. The maximum absolute atomic E-state index is 6.45. The van der Waals surface area contributed by atoms with Crippen LogP contribution < -0.4 is 15.8 Å². The lowest BCUT2D eigenvalue weighted by atomic mass is 9.90. The van der Waals surface area contributed by atoms with Gasteiger partial charge in [0.25, 0.3) is 0 Å². The Morgan fingerprint density at radius 1 is 1.02 bits per heavy atom.